The van der Waals surface area contributed by atoms with Crippen LogP contribution in [-0.4, -0.2) is 22.1 Å². The maximum absolute atomic E-state index is 13.1. The van der Waals surface area contributed by atoms with E-state index >= 15 is 0 Å². The van der Waals surface area contributed by atoms with Crippen molar-refractivity contribution in [3.63, 3.8) is 0 Å². The Morgan fingerprint density at radius 1 is 1.33 bits per heavy atom. The molecule has 0 spiro atoms. The van der Waals surface area contributed by atoms with Crippen LogP contribution in [0, 0.1) is 5.82 Å². The first-order chi connectivity index (χ1) is 10.0. The number of halogens is 1. The number of aromatic carboxylic acids is 1. The Hall–Kier alpha value is -2.70. The molecule has 0 unspecified atom stereocenters. The lowest BCUT2D eigenvalue weighted by molar-refractivity contribution is 0.0697. The highest BCUT2D eigenvalue weighted by Crippen LogP contribution is 2.40. The van der Waals surface area contributed by atoms with Gasteiger partial charge in [-0.05, 0) is 31.0 Å². The van der Waals surface area contributed by atoms with Crippen molar-refractivity contribution in [3.05, 3.63) is 47.1 Å². The number of nitrogens with one attached hydrogen (secondary N) is 1. The molecule has 3 rings (SSSR count). The molecule has 7 heteroatoms. The third-order valence-electron chi connectivity index (χ3n) is 3.20. The predicted octanol–water partition coefficient (Wildman–Crippen LogP) is 2.64. The zero-order valence-corrected chi connectivity index (χ0v) is 10.8. The number of rotatable bonds is 4. The maximum Gasteiger partial charge on any atom is 0.337 e. The summed E-state index contributed by atoms with van der Waals surface area (Å²) in [5.74, 6) is -1.65. The van der Waals surface area contributed by atoms with E-state index in [4.69, 9.17) is 9.63 Å². The highest BCUT2D eigenvalue weighted by Gasteiger charge is 2.29. The summed E-state index contributed by atoms with van der Waals surface area (Å²) in [4.78, 5) is 23.1. The number of anilines is 1. The predicted molar refractivity (Wildman–Crippen MR) is 69.8 cm³/mol. The zero-order valence-electron chi connectivity index (χ0n) is 10.8. The molecule has 0 bridgehead atoms. The molecule has 21 heavy (non-hydrogen) atoms. The molecule has 1 aliphatic rings. The van der Waals surface area contributed by atoms with E-state index in [0.29, 0.717) is 11.7 Å². The van der Waals surface area contributed by atoms with Gasteiger partial charge in [0, 0.05) is 12.0 Å². The molecule has 0 aliphatic heterocycles. The monoisotopic (exact) mass is 290 g/mol. The Kier molecular flexibility index (Phi) is 3.17. The van der Waals surface area contributed by atoms with Crippen molar-refractivity contribution in [2.45, 2.75) is 18.8 Å². The first-order valence-electron chi connectivity index (χ1n) is 6.35. The van der Waals surface area contributed by atoms with Crippen molar-refractivity contribution < 1.29 is 23.6 Å². The molecule has 1 aromatic heterocycles. The molecule has 1 amide bonds. The Bertz CT molecular complexity index is 722. The van der Waals surface area contributed by atoms with Crippen molar-refractivity contribution in [3.8, 4) is 0 Å². The van der Waals surface area contributed by atoms with Crippen LogP contribution in [0.1, 0.15) is 45.4 Å². The third-order valence-corrected chi connectivity index (χ3v) is 3.20. The summed E-state index contributed by atoms with van der Waals surface area (Å²) in [7, 11) is 0. The molecule has 0 radical (unpaired) electrons. The fraction of sp³-hybridized carbons (Fsp3) is 0.214. The van der Waals surface area contributed by atoms with Gasteiger partial charge in [0.05, 0.1) is 11.3 Å². The van der Waals surface area contributed by atoms with Crippen LogP contribution in [0.2, 0.25) is 0 Å². The molecule has 2 N–H and O–H groups in total. The Labute approximate surface area is 118 Å². The SMILES string of the molecule is O=C(Nc1ccc(F)cc1C(=O)O)c1cc(C2CC2)on1. The molecule has 6 nitrogen and oxygen atoms in total. The number of carbonyl (C=O) groups excluding carboxylic acids is 1. The standard InChI is InChI=1S/C14H11FN2O4/c15-8-3-4-10(9(5-8)14(19)20)16-13(18)11-6-12(21-17-11)7-1-2-7/h3-7H,1-2H2,(H,16,18)(H,19,20). The van der Waals surface area contributed by atoms with Crippen LogP contribution in [-0.2, 0) is 0 Å². The van der Waals surface area contributed by atoms with Gasteiger partial charge in [0.1, 0.15) is 11.6 Å². The van der Waals surface area contributed by atoms with Crippen molar-refractivity contribution in [2.24, 2.45) is 0 Å². The average Bonchev–Trinajstić information content (AvgIpc) is 3.18. The van der Waals surface area contributed by atoms with Gasteiger partial charge in [0.2, 0.25) is 0 Å². The fourth-order valence-electron chi connectivity index (χ4n) is 1.95. The van der Waals surface area contributed by atoms with Gasteiger partial charge in [-0.1, -0.05) is 5.16 Å². The van der Waals surface area contributed by atoms with Gasteiger partial charge >= 0.3 is 5.97 Å². The summed E-state index contributed by atoms with van der Waals surface area (Å²) in [5.41, 5.74) is -0.253. The second-order valence-corrected chi connectivity index (χ2v) is 4.84. The number of carbonyl (C=O) groups is 2. The number of carboxylic acid groups (broad SMARTS) is 1. The van der Waals surface area contributed by atoms with Gasteiger partial charge in [0.25, 0.3) is 5.91 Å². The second kappa shape index (κ2) is 5.01. The molecule has 1 fully saturated rings. The molecule has 1 saturated carbocycles. The Morgan fingerprint density at radius 2 is 2.10 bits per heavy atom. The summed E-state index contributed by atoms with van der Waals surface area (Å²) < 4.78 is 18.1. The first kappa shape index (κ1) is 13.3. The third kappa shape index (κ3) is 2.76. The summed E-state index contributed by atoms with van der Waals surface area (Å²) >= 11 is 0. The number of nitrogens with zero attached hydrogens (tertiary/aromatic N) is 1. The minimum absolute atomic E-state index is 0.00451. The summed E-state index contributed by atoms with van der Waals surface area (Å²) in [6, 6.07) is 4.65. The molecule has 108 valence electrons. The van der Waals surface area contributed by atoms with Gasteiger partial charge < -0.3 is 14.9 Å². The lowest BCUT2D eigenvalue weighted by atomic mass is 10.1. The molecule has 0 atom stereocenters. The second-order valence-electron chi connectivity index (χ2n) is 4.84. The van der Waals surface area contributed by atoms with Crippen LogP contribution in [0.5, 0.6) is 0 Å². The normalized spacial score (nSPS) is 14.0. The number of carboxylic acids is 1. The van der Waals surface area contributed by atoms with Crippen LogP contribution in [0.3, 0.4) is 0 Å². The topological polar surface area (TPSA) is 92.4 Å². The lowest BCUT2D eigenvalue weighted by Crippen LogP contribution is -2.15. The average molecular weight is 290 g/mol. The van der Waals surface area contributed by atoms with Gasteiger partial charge in [-0.3, -0.25) is 4.79 Å². The van der Waals surface area contributed by atoms with E-state index in [2.05, 4.69) is 10.5 Å². The minimum Gasteiger partial charge on any atom is -0.478 e. The largest absolute Gasteiger partial charge is 0.478 e. The molecule has 1 heterocycles. The van der Waals surface area contributed by atoms with E-state index in [-0.39, 0.29) is 16.9 Å². The molecule has 1 aliphatic carbocycles. The van der Waals surface area contributed by atoms with Crippen molar-refractivity contribution in [1.29, 1.82) is 0 Å². The highest BCUT2D eigenvalue weighted by molar-refractivity contribution is 6.06. The van der Waals surface area contributed by atoms with Crippen molar-refractivity contribution >= 4 is 17.6 Å². The van der Waals surface area contributed by atoms with Crippen LogP contribution in [0.15, 0.2) is 28.8 Å². The van der Waals surface area contributed by atoms with Crippen LogP contribution in [0.4, 0.5) is 10.1 Å². The number of benzene rings is 1. The molecular weight excluding hydrogens is 279 g/mol. The first-order valence-corrected chi connectivity index (χ1v) is 6.35. The van der Waals surface area contributed by atoms with Crippen LogP contribution < -0.4 is 5.32 Å². The zero-order chi connectivity index (χ0) is 15.0. The number of hydrogen-bond acceptors (Lipinski definition) is 4. The molecule has 2 aromatic rings. The smallest absolute Gasteiger partial charge is 0.337 e. The van der Waals surface area contributed by atoms with Crippen LogP contribution in [0.25, 0.3) is 0 Å². The van der Waals surface area contributed by atoms with E-state index in [0.717, 1.165) is 25.0 Å². The highest BCUT2D eigenvalue weighted by atomic mass is 19.1. The van der Waals surface area contributed by atoms with E-state index < -0.39 is 17.7 Å². The number of aromatic nitrogens is 1. The number of hydrogen-bond donors (Lipinski definition) is 2. The van der Waals surface area contributed by atoms with Crippen molar-refractivity contribution in [2.75, 3.05) is 5.32 Å². The summed E-state index contributed by atoms with van der Waals surface area (Å²) in [6.07, 6.45) is 2.02. The van der Waals surface area contributed by atoms with Crippen LogP contribution >= 0.6 is 0 Å². The van der Waals surface area contributed by atoms with Gasteiger partial charge in [0.15, 0.2) is 5.69 Å². The Balaban J connectivity index is 1.81. The molecule has 1 aromatic carbocycles. The minimum atomic E-state index is -1.33. The summed E-state index contributed by atoms with van der Waals surface area (Å²) in [5, 5.41) is 15.1. The van der Waals surface area contributed by atoms with E-state index in [9.17, 15) is 14.0 Å². The fourth-order valence-corrected chi connectivity index (χ4v) is 1.95. The molecule has 0 saturated heterocycles. The Morgan fingerprint density at radius 3 is 2.76 bits per heavy atom. The maximum atomic E-state index is 13.1. The quantitative estimate of drug-likeness (QED) is 0.903. The van der Waals surface area contributed by atoms with E-state index in [1.54, 1.807) is 0 Å². The lowest BCUT2D eigenvalue weighted by Gasteiger charge is -2.06. The summed E-state index contributed by atoms with van der Waals surface area (Å²) in [6.45, 7) is 0. The number of amides is 1. The van der Waals surface area contributed by atoms with Gasteiger partial charge in [-0.2, -0.15) is 0 Å². The van der Waals surface area contributed by atoms with E-state index in [1.807, 2.05) is 0 Å². The van der Waals surface area contributed by atoms with Gasteiger partial charge in [-0.25, -0.2) is 9.18 Å². The van der Waals surface area contributed by atoms with Gasteiger partial charge in [-0.15, -0.1) is 0 Å². The van der Waals surface area contributed by atoms with E-state index in [1.165, 1.54) is 12.1 Å². The van der Waals surface area contributed by atoms with Crippen molar-refractivity contribution in [1.82, 2.24) is 5.16 Å². The molecular formula is C14H11FN2O4.